The van der Waals surface area contributed by atoms with Crippen LogP contribution in [-0.4, -0.2) is 50.7 Å². The van der Waals surface area contributed by atoms with Gasteiger partial charge in [0.05, 0.1) is 11.9 Å². The molecule has 0 spiro atoms. The number of fused-ring (bicyclic) bond motifs is 1. The molecule has 0 bridgehead atoms. The average Bonchev–Trinajstić information content (AvgIpc) is 2.94. The molecule has 4 heterocycles. The Bertz CT molecular complexity index is 833. The van der Waals surface area contributed by atoms with Crippen LogP contribution in [0.1, 0.15) is 11.5 Å². The topological polar surface area (TPSA) is 62.5 Å². The molecular weight excluding hydrogens is 290 g/mol. The highest BCUT2D eigenvalue weighted by Crippen LogP contribution is 2.18. The molecule has 7 heteroatoms. The van der Waals surface area contributed by atoms with E-state index in [9.17, 15) is 0 Å². The number of nitrogens with zero attached hydrogens (tertiary/aromatic N) is 7. The fourth-order valence-corrected chi connectivity index (χ4v) is 2.94. The van der Waals surface area contributed by atoms with Gasteiger partial charge in [-0.25, -0.2) is 19.5 Å². The van der Waals surface area contributed by atoms with E-state index in [1.54, 1.807) is 0 Å². The summed E-state index contributed by atoms with van der Waals surface area (Å²) in [6.45, 7) is 7.62. The first-order valence-corrected chi connectivity index (χ1v) is 7.82. The van der Waals surface area contributed by atoms with Gasteiger partial charge >= 0.3 is 0 Å². The maximum atomic E-state index is 4.67. The van der Waals surface area contributed by atoms with Crippen molar-refractivity contribution in [1.82, 2.24) is 24.6 Å². The van der Waals surface area contributed by atoms with E-state index in [-0.39, 0.29) is 0 Å². The van der Waals surface area contributed by atoms with Crippen LogP contribution >= 0.6 is 0 Å². The zero-order chi connectivity index (χ0) is 15.8. The smallest absolute Gasteiger partial charge is 0.153 e. The van der Waals surface area contributed by atoms with Crippen molar-refractivity contribution in [3.8, 4) is 0 Å². The molecule has 0 atom stereocenters. The molecule has 4 rings (SSSR count). The van der Waals surface area contributed by atoms with Gasteiger partial charge in [-0.3, -0.25) is 0 Å². The Morgan fingerprint density at radius 1 is 0.870 bits per heavy atom. The summed E-state index contributed by atoms with van der Waals surface area (Å²) in [4.78, 5) is 17.7. The summed E-state index contributed by atoms with van der Waals surface area (Å²) in [5, 5.41) is 4.67. The number of aryl methyl sites for hydroxylation is 2. The molecule has 0 aromatic carbocycles. The van der Waals surface area contributed by atoms with Crippen LogP contribution in [-0.2, 0) is 0 Å². The van der Waals surface area contributed by atoms with Crippen molar-refractivity contribution >= 4 is 17.3 Å². The predicted molar refractivity (Wildman–Crippen MR) is 88.9 cm³/mol. The maximum absolute atomic E-state index is 4.67. The molecule has 0 aliphatic carbocycles. The first kappa shape index (κ1) is 13.9. The molecule has 0 N–H and O–H groups in total. The number of anilines is 2. The van der Waals surface area contributed by atoms with E-state index < -0.39 is 0 Å². The van der Waals surface area contributed by atoms with Gasteiger partial charge in [0, 0.05) is 32.4 Å². The molecule has 1 aliphatic rings. The van der Waals surface area contributed by atoms with E-state index in [2.05, 4.69) is 29.9 Å². The van der Waals surface area contributed by atoms with Crippen LogP contribution in [0.4, 0.5) is 11.6 Å². The fraction of sp³-hybridized carbons (Fsp3) is 0.375. The standard InChI is InChI=1S/C16H19N7/c1-12-11-23-15(18-12)3-4-16(20-23)22-9-7-21(8-10-22)14-5-6-17-13(2)19-14/h3-6,11H,7-10H2,1-2H3. The van der Waals surface area contributed by atoms with Crippen molar-refractivity contribution in [2.24, 2.45) is 0 Å². The Hall–Kier alpha value is -2.70. The highest BCUT2D eigenvalue weighted by Gasteiger charge is 2.19. The lowest BCUT2D eigenvalue weighted by Gasteiger charge is -2.35. The summed E-state index contributed by atoms with van der Waals surface area (Å²) >= 11 is 0. The number of hydrogen-bond acceptors (Lipinski definition) is 6. The average molecular weight is 309 g/mol. The minimum absolute atomic E-state index is 0.813. The number of hydrogen-bond donors (Lipinski definition) is 0. The highest BCUT2D eigenvalue weighted by atomic mass is 15.4. The number of piperazine rings is 1. The summed E-state index contributed by atoms with van der Waals surface area (Å²) in [5.41, 5.74) is 1.87. The first-order valence-electron chi connectivity index (χ1n) is 7.82. The first-order chi connectivity index (χ1) is 11.2. The van der Waals surface area contributed by atoms with Crippen LogP contribution in [0.25, 0.3) is 5.65 Å². The number of rotatable bonds is 2. The van der Waals surface area contributed by atoms with E-state index in [0.29, 0.717) is 0 Å². The molecule has 1 fully saturated rings. The van der Waals surface area contributed by atoms with Crippen LogP contribution in [0.5, 0.6) is 0 Å². The molecule has 7 nitrogen and oxygen atoms in total. The van der Waals surface area contributed by atoms with Crippen molar-refractivity contribution in [3.05, 3.63) is 42.1 Å². The quantitative estimate of drug-likeness (QED) is 0.714. The van der Waals surface area contributed by atoms with Gasteiger partial charge in [-0.05, 0) is 32.0 Å². The monoisotopic (exact) mass is 309 g/mol. The van der Waals surface area contributed by atoms with E-state index in [0.717, 1.165) is 55.0 Å². The number of aromatic nitrogens is 5. The van der Waals surface area contributed by atoms with E-state index in [4.69, 9.17) is 0 Å². The molecular formula is C16H19N7. The van der Waals surface area contributed by atoms with Crippen molar-refractivity contribution in [2.45, 2.75) is 13.8 Å². The SMILES string of the molecule is Cc1cn2nc(N3CCN(c4ccnc(C)n4)CC3)ccc2n1. The molecule has 3 aromatic rings. The van der Waals surface area contributed by atoms with E-state index in [1.807, 2.05) is 49.0 Å². The minimum Gasteiger partial charge on any atom is -0.353 e. The molecule has 0 radical (unpaired) electrons. The molecule has 1 aliphatic heterocycles. The summed E-state index contributed by atoms with van der Waals surface area (Å²) in [6, 6.07) is 6.04. The summed E-state index contributed by atoms with van der Waals surface area (Å²) in [7, 11) is 0. The van der Waals surface area contributed by atoms with Gasteiger partial charge in [-0.2, -0.15) is 0 Å². The third-order valence-corrected chi connectivity index (χ3v) is 4.12. The summed E-state index contributed by atoms with van der Waals surface area (Å²) < 4.78 is 1.85. The fourth-order valence-electron chi connectivity index (χ4n) is 2.94. The van der Waals surface area contributed by atoms with Gasteiger partial charge in [0.2, 0.25) is 0 Å². The molecule has 0 unspecified atom stereocenters. The minimum atomic E-state index is 0.813. The van der Waals surface area contributed by atoms with E-state index >= 15 is 0 Å². The lowest BCUT2D eigenvalue weighted by Crippen LogP contribution is -2.47. The summed E-state index contributed by atoms with van der Waals surface area (Å²) in [6.07, 6.45) is 3.78. The second kappa shape index (κ2) is 5.49. The summed E-state index contributed by atoms with van der Waals surface area (Å²) in [5.74, 6) is 2.81. The molecule has 0 saturated carbocycles. The third kappa shape index (κ3) is 2.69. The Morgan fingerprint density at radius 3 is 2.35 bits per heavy atom. The van der Waals surface area contributed by atoms with Crippen LogP contribution in [0.3, 0.4) is 0 Å². The Kier molecular flexibility index (Phi) is 3.33. The van der Waals surface area contributed by atoms with E-state index in [1.165, 1.54) is 0 Å². The van der Waals surface area contributed by atoms with Gasteiger partial charge in [0.25, 0.3) is 0 Å². The molecule has 118 valence electrons. The highest BCUT2D eigenvalue weighted by molar-refractivity contribution is 5.48. The predicted octanol–water partition coefficient (Wildman–Crippen LogP) is 1.46. The molecule has 0 amide bonds. The number of imidazole rings is 1. The van der Waals surface area contributed by atoms with Crippen LogP contribution < -0.4 is 9.80 Å². The van der Waals surface area contributed by atoms with Gasteiger partial charge in [0.15, 0.2) is 5.65 Å². The lowest BCUT2D eigenvalue weighted by atomic mass is 10.3. The van der Waals surface area contributed by atoms with Gasteiger partial charge in [-0.1, -0.05) is 0 Å². The Labute approximate surface area is 134 Å². The van der Waals surface area contributed by atoms with Crippen molar-refractivity contribution < 1.29 is 0 Å². The Balaban J connectivity index is 1.49. The third-order valence-electron chi connectivity index (χ3n) is 4.12. The van der Waals surface area contributed by atoms with Gasteiger partial charge in [0.1, 0.15) is 17.5 Å². The second-order valence-electron chi connectivity index (χ2n) is 5.81. The van der Waals surface area contributed by atoms with Crippen LogP contribution in [0.15, 0.2) is 30.6 Å². The largest absolute Gasteiger partial charge is 0.353 e. The molecule has 23 heavy (non-hydrogen) atoms. The van der Waals surface area contributed by atoms with Crippen molar-refractivity contribution in [2.75, 3.05) is 36.0 Å². The molecule has 3 aromatic heterocycles. The van der Waals surface area contributed by atoms with Crippen molar-refractivity contribution in [1.29, 1.82) is 0 Å². The Morgan fingerprint density at radius 2 is 1.61 bits per heavy atom. The zero-order valence-corrected chi connectivity index (χ0v) is 13.3. The molecule has 1 saturated heterocycles. The maximum Gasteiger partial charge on any atom is 0.153 e. The second-order valence-corrected chi connectivity index (χ2v) is 5.81. The lowest BCUT2D eigenvalue weighted by molar-refractivity contribution is 0.634. The van der Waals surface area contributed by atoms with Crippen LogP contribution in [0.2, 0.25) is 0 Å². The van der Waals surface area contributed by atoms with Gasteiger partial charge in [-0.15, -0.1) is 5.10 Å². The normalized spacial score (nSPS) is 15.4. The van der Waals surface area contributed by atoms with Gasteiger partial charge < -0.3 is 9.80 Å². The van der Waals surface area contributed by atoms with Crippen LogP contribution in [0, 0.1) is 13.8 Å². The van der Waals surface area contributed by atoms with Crippen molar-refractivity contribution in [3.63, 3.8) is 0 Å². The zero-order valence-electron chi connectivity index (χ0n) is 13.3.